The third-order valence-electron chi connectivity index (χ3n) is 3.51. The van der Waals surface area contributed by atoms with Crippen LogP contribution in [0.5, 0.6) is 5.75 Å². The van der Waals surface area contributed by atoms with E-state index in [0.29, 0.717) is 0 Å². The highest BCUT2D eigenvalue weighted by molar-refractivity contribution is 5.79. The molecule has 0 unspecified atom stereocenters. The second-order valence-corrected chi connectivity index (χ2v) is 4.85. The standard InChI is InChI=1S/C14H16N2O/c15-9-14(5-6-14)10-17-12-3-4-13-11(8-12)2-1-7-16-13/h1-4,7-8H,5-6,9-10,15H2. The molecular formula is C14H16N2O. The van der Waals surface area contributed by atoms with Crippen molar-refractivity contribution >= 4 is 10.9 Å². The number of aromatic nitrogens is 1. The molecule has 3 heteroatoms. The van der Waals surface area contributed by atoms with Crippen molar-refractivity contribution in [2.75, 3.05) is 13.2 Å². The molecule has 0 saturated heterocycles. The zero-order valence-corrected chi connectivity index (χ0v) is 9.73. The SMILES string of the molecule is NCC1(COc2ccc3ncccc3c2)CC1. The Hall–Kier alpha value is -1.61. The van der Waals surface area contributed by atoms with E-state index in [2.05, 4.69) is 4.98 Å². The van der Waals surface area contributed by atoms with Crippen molar-refractivity contribution in [3.63, 3.8) is 0 Å². The summed E-state index contributed by atoms with van der Waals surface area (Å²) in [5.74, 6) is 0.908. The summed E-state index contributed by atoms with van der Waals surface area (Å²) in [5.41, 5.74) is 6.99. The van der Waals surface area contributed by atoms with Gasteiger partial charge in [-0.3, -0.25) is 4.98 Å². The Morgan fingerprint density at radius 2 is 2.18 bits per heavy atom. The van der Waals surface area contributed by atoms with Crippen molar-refractivity contribution in [1.29, 1.82) is 0 Å². The summed E-state index contributed by atoms with van der Waals surface area (Å²) < 4.78 is 5.82. The zero-order valence-electron chi connectivity index (χ0n) is 9.73. The summed E-state index contributed by atoms with van der Waals surface area (Å²) in [4.78, 5) is 4.28. The first-order valence-electron chi connectivity index (χ1n) is 5.99. The summed E-state index contributed by atoms with van der Waals surface area (Å²) in [7, 11) is 0. The molecule has 1 aromatic carbocycles. The molecule has 17 heavy (non-hydrogen) atoms. The molecule has 3 nitrogen and oxygen atoms in total. The predicted molar refractivity (Wildman–Crippen MR) is 68.0 cm³/mol. The molecule has 1 fully saturated rings. The lowest BCUT2D eigenvalue weighted by Gasteiger charge is -2.14. The Labute approximate surface area is 101 Å². The Bertz CT molecular complexity index is 534. The number of hydrogen-bond donors (Lipinski definition) is 1. The normalized spacial score (nSPS) is 17.0. The lowest BCUT2D eigenvalue weighted by atomic mass is 10.1. The Morgan fingerprint density at radius 3 is 2.94 bits per heavy atom. The van der Waals surface area contributed by atoms with Crippen LogP contribution in [0.1, 0.15) is 12.8 Å². The van der Waals surface area contributed by atoms with Crippen LogP contribution in [0, 0.1) is 5.41 Å². The molecular weight excluding hydrogens is 212 g/mol. The molecule has 0 radical (unpaired) electrons. The molecule has 88 valence electrons. The average Bonchev–Trinajstić information content (AvgIpc) is 3.17. The van der Waals surface area contributed by atoms with Crippen LogP contribution in [0.3, 0.4) is 0 Å². The van der Waals surface area contributed by atoms with E-state index in [1.807, 2.05) is 30.3 Å². The first-order valence-corrected chi connectivity index (χ1v) is 5.99. The second kappa shape index (κ2) is 4.00. The second-order valence-electron chi connectivity index (χ2n) is 4.85. The van der Waals surface area contributed by atoms with Crippen molar-refractivity contribution in [1.82, 2.24) is 4.98 Å². The third-order valence-corrected chi connectivity index (χ3v) is 3.51. The van der Waals surface area contributed by atoms with Crippen LogP contribution in [-0.2, 0) is 0 Å². The molecule has 0 spiro atoms. The van der Waals surface area contributed by atoms with Gasteiger partial charge in [0.05, 0.1) is 12.1 Å². The summed E-state index contributed by atoms with van der Waals surface area (Å²) in [5, 5.41) is 1.11. The number of nitrogens with zero attached hydrogens (tertiary/aromatic N) is 1. The molecule has 0 aliphatic heterocycles. The van der Waals surface area contributed by atoms with Crippen molar-refractivity contribution in [3.05, 3.63) is 36.5 Å². The summed E-state index contributed by atoms with van der Waals surface area (Å²) in [6.07, 6.45) is 4.19. The monoisotopic (exact) mass is 228 g/mol. The van der Waals surface area contributed by atoms with Crippen LogP contribution in [0.25, 0.3) is 10.9 Å². The Morgan fingerprint density at radius 1 is 1.29 bits per heavy atom. The van der Waals surface area contributed by atoms with E-state index in [1.54, 1.807) is 6.20 Å². The zero-order chi connectivity index (χ0) is 11.7. The topological polar surface area (TPSA) is 48.1 Å². The van der Waals surface area contributed by atoms with Gasteiger partial charge < -0.3 is 10.5 Å². The summed E-state index contributed by atoms with van der Waals surface area (Å²) >= 11 is 0. The largest absolute Gasteiger partial charge is 0.493 e. The fourth-order valence-electron chi connectivity index (χ4n) is 1.96. The lowest BCUT2D eigenvalue weighted by molar-refractivity contribution is 0.239. The van der Waals surface area contributed by atoms with Gasteiger partial charge in [-0.2, -0.15) is 0 Å². The number of rotatable bonds is 4. The Kier molecular flexibility index (Phi) is 2.48. The minimum Gasteiger partial charge on any atom is -0.493 e. The number of pyridine rings is 1. The van der Waals surface area contributed by atoms with E-state index in [-0.39, 0.29) is 5.41 Å². The highest BCUT2D eigenvalue weighted by Gasteiger charge is 2.42. The van der Waals surface area contributed by atoms with Gasteiger partial charge in [-0.05, 0) is 37.1 Å². The van der Waals surface area contributed by atoms with Crippen LogP contribution in [-0.4, -0.2) is 18.1 Å². The van der Waals surface area contributed by atoms with Gasteiger partial charge in [-0.1, -0.05) is 6.07 Å². The first kappa shape index (κ1) is 10.5. The molecule has 1 saturated carbocycles. The number of ether oxygens (including phenoxy) is 1. The molecule has 3 rings (SSSR count). The molecule has 1 aromatic heterocycles. The van der Waals surface area contributed by atoms with E-state index in [9.17, 15) is 0 Å². The highest BCUT2D eigenvalue weighted by atomic mass is 16.5. The van der Waals surface area contributed by atoms with Gasteiger partial charge in [0.1, 0.15) is 5.75 Å². The number of fused-ring (bicyclic) bond motifs is 1. The maximum Gasteiger partial charge on any atom is 0.120 e. The predicted octanol–water partition coefficient (Wildman–Crippen LogP) is 2.35. The maximum absolute atomic E-state index is 5.82. The van der Waals surface area contributed by atoms with Gasteiger partial charge in [0.25, 0.3) is 0 Å². The molecule has 1 aliphatic rings. The van der Waals surface area contributed by atoms with Gasteiger partial charge in [-0.25, -0.2) is 0 Å². The fraction of sp³-hybridized carbons (Fsp3) is 0.357. The Balaban J connectivity index is 1.77. The smallest absolute Gasteiger partial charge is 0.120 e. The van der Waals surface area contributed by atoms with Gasteiger partial charge in [0, 0.05) is 23.5 Å². The highest BCUT2D eigenvalue weighted by Crippen LogP contribution is 2.44. The maximum atomic E-state index is 5.82. The van der Waals surface area contributed by atoms with Gasteiger partial charge >= 0.3 is 0 Å². The minimum atomic E-state index is 0.254. The molecule has 0 amide bonds. The van der Waals surface area contributed by atoms with E-state index in [4.69, 9.17) is 10.5 Å². The van der Waals surface area contributed by atoms with Crippen LogP contribution in [0.2, 0.25) is 0 Å². The molecule has 0 atom stereocenters. The molecule has 0 bridgehead atoms. The lowest BCUT2D eigenvalue weighted by Crippen LogP contribution is -2.22. The van der Waals surface area contributed by atoms with E-state index in [1.165, 1.54) is 12.8 Å². The quantitative estimate of drug-likeness (QED) is 0.873. The van der Waals surface area contributed by atoms with E-state index < -0.39 is 0 Å². The van der Waals surface area contributed by atoms with E-state index >= 15 is 0 Å². The molecule has 1 aliphatic carbocycles. The van der Waals surface area contributed by atoms with Crippen LogP contribution < -0.4 is 10.5 Å². The van der Waals surface area contributed by atoms with Crippen molar-refractivity contribution < 1.29 is 4.74 Å². The average molecular weight is 228 g/mol. The van der Waals surface area contributed by atoms with Gasteiger partial charge in [-0.15, -0.1) is 0 Å². The fourth-order valence-corrected chi connectivity index (χ4v) is 1.96. The van der Waals surface area contributed by atoms with Crippen LogP contribution >= 0.6 is 0 Å². The number of nitrogens with two attached hydrogens (primary N) is 1. The molecule has 2 N–H and O–H groups in total. The molecule has 2 aromatic rings. The minimum absolute atomic E-state index is 0.254. The molecule has 1 heterocycles. The van der Waals surface area contributed by atoms with Crippen molar-refractivity contribution in [2.24, 2.45) is 11.1 Å². The van der Waals surface area contributed by atoms with Gasteiger partial charge in [0.15, 0.2) is 0 Å². The van der Waals surface area contributed by atoms with Gasteiger partial charge in [0.2, 0.25) is 0 Å². The third kappa shape index (κ3) is 2.11. The summed E-state index contributed by atoms with van der Waals surface area (Å²) in [6.45, 7) is 1.46. The number of benzene rings is 1. The van der Waals surface area contributed by atoms with Crippen molar-refractivity contribution in [3.8, 4) is 5.75 Å². The first-order chi connectivity index (χ1) is 8.31. The van der Waals surface area contributed by atoms with E-state index in [0.717, 1.165) is 29.8 Å². The number of hydrogen-bond acceptors (Lipinski definition) is 3. The van der Waals surface area contributed by atoms with Crippen LogP contribution in [0.4, 0.5) is 0 Å². The van der Waals surface area contributed by atoms with Crippen LogP contribution in [0.15, 0.2) is 36.5 Å². The summed E-state index contributed by atoms with van der Waals surface area (Å²) in [6, 6.07) is 9.99. The van der Waals surface area contributed by atoms with Crippen molar-refractivity contribution in [2.45, 2.75) is 12.8 Å².